The van der Waals surface area contributed by atoms with Crippen molar-refractivity contribution in [2.45, 2.75) is 25.8 Å². The molecule has 0 bridgehead atoms. The van der Waals surface area contributed by atoms with E-state index in [4.69, 9.17) is 16.7 Å². The number of carboxylic acid groups (broad SMARTS) is 1. The second-order valence-electron chi connectivity index (χ2n) is 4.11. The van der Waals surface area contributed by atoms with Crippen LogP contribution in [0.3, 0.4) is 0 Å². The van der Waals surface area contributed by atoms with Crippen LogP contribution in [-0.2, 0) is 4.79 Å². The van der Waals surface area contributed by atoms with Gasteiger partial charge in [0.25, 0.3) is 5.91 Å². The normalized spacial score (nSPS) is 13.7. The van der Waals surface area contributed by atoms with Crippen molar-refractivity contribution in [3.8, 4) is 5.75 Å². The summed E-state index contributed by atoms with van der Waals surface area (Å²) in [7, 11) is 0. The minimum Gasteiger partial charge on any atom is -0.508 e. The third-order valence-electron chi connectivity index (χ3n) is 2.76. The Kier molecular flexibility index (Phi) is 4.19. The first kappa shape index (κ1) is 14.3. The van der Waals surface area contributed by atoms with E-state index < -0.39 is 17.4 Å². The van der Waals surface area contributed by atoms with Crippen LogP contribution in [0.15, 0.2) is 18.2 Å². The lowest BCUT2D eigenvalue weighted by Crippen LogP contribution is -2.51. The summed E-state index contributed by atoms with van der Waals surface area (Å²) in [6.07, 6.45) is 0.227. The zero-order chi connectivity index (χ0) is 13.9. The van der Waals surface area contributed by atoms with Crippen LogP contribution < -0.4 is 5.32 Å². The highest BCUT2D eigenvalue weighted by Gasteiger charge is 2.33. The molecular weight excluding hydrogens is 258 g/mol. The van der Waals surface area contributed by atoms with Gasteiger partial charge in [-0.15, -0.1) is 0 Å². The van der Waals surface area contributed by atoms with Crippen molar-refractivity contribution < 1.29 is 19.8 Å². The van der Waals surface area contributed by atoms with Gasteiger partial charge < -0.3 is 15.5 Å². The Balaban J connectivity index is 3.02. The fourth-order valence-corrected chi connectivity index (χ4v) is 1.50. The maximum Gasteiger partial charge on any atom is 0.329 e. The third-order valence-corrected chi connectivity index (χ3v) is 3.09. The SMILES string of the molecule is CCC(C)(NC(=O)c1cc(O)ccc1Cl)C(=O)O. The molecule has 0 saturated heterocycles. The van der Waals surface area contributed by atoms with E-state index in [1.807, 2.05) is 0 Å². The van der Waals surface area contributed by atoms with Crippen LogP contribution in [0.5, 0.6) is 5.75 Å². The summed E-state index contributed by atoms with van der Waals surface area (Å²) in [5, 5.41) is 20.9. The smallest absolute Gasteiger partial charge is 0.329 e. The Morgan fingerprint density at radius 1 is 1.44 bits per heavy atom. The van der Waals surface area contributed by atoms with Crippen molar-refractivity contribution in [3.63, 3.8) is 0 Å². The van der Waals surface area contributed by atoms with Crippen molar-refractivity contribution in [1.29, 1.82) is 0 Å². The molecule has 5 nitrogen and oxygen atoms in total. The van der Waals surface area contributed by atoms with E-state index in [9.17, 15) is 14.7 Å². The summed E-state index contributed by atoms with van der Waals surface area (Å²) < 4.78 is 0. The molecule has 98 valence electrons. The van der Waals surface area contributed by atoms with E-state index in [1.54, 1.807) is 6.92 Å². The second kappa shape index (κ2) is 5.27. The number of hydrogen-bond donors (Lipinski definition) is 3. The number of nitrogens with one attached hydrogen (secondary N) is 1. The van der Waals surface area contributed by atoms with Gasteiger partial charge in [0.2, 0.25) is 0 Å². The number of aliphatic carboxylic acids is 1. The topological polar surface area (TPSA) is 86.6 Å². The van der Waals surface area contributed by atoms with Crippen molar-refractivity contribution in [3.05, 3.63) is 28.8 Å². The van der Waals surface area contributed by atoms with Gasteiger partial charge in [-0.2, -0.15) is 0 Å². The van der Waals surface area contributed by atoms with Gasteiger partial charge >= 0.3 is 5.97 Å². The van der Waals surface area contributed by atoms with E-state index in [-0.39, 0.29) is 22.8 Å². The van der Waals surface area contributed by atoms with Crippen LogP contribution in [0.4, 0.5) is 0 Å². The molecule has 0 spiro atoms. The van der Waals surface area contributed by atoms with Crippen molar-refractivity contribution in [2.75, 3.05) is 0 Å². The van der Waals surface area contributed by atoms with E-state index in [0.29, 0.717) is 0 Å². The first-order chi connectivity index (χ1) is 8.30. The molecule has 1 rings (SSSR count). The molecule has 1 aromatic rings. The number of carboxylic acids is 1. The maximum absolute atomic E-state index is 11.9. The maximum atomic E-state index is 11.9. The number of benzene rings is 1. The molecule has 0 radical (unpaired) electrons. The minimum absolute atomic E-state index is 0.0394. The summed E-state index contributed by atoms with van der Waals surface area (Å²) in [5.74, 6) is -1.88. The molecule has 0 saturated carbocycles. The van der Waals surface area contributed by atoms with E-state index in [1.165, 1.54) is 25.1 Å². The Labute approximate surface area is 109 Å². The predicted molar refractivity (Wildman–Crippen MR) is 66.9 cm³/mol. The van der Waals surface area contributed by atoms with Crippen LogP contribution in [-0.4, -0.2) is 27.6 Å². The first-order valence-electron chi connectivity index (χ1n) is 5.34. The summed E-state index contributed by atoms with van der Waals surface area (Å²) in [6, 6.07) is 3.90. The second-order valence-corrected chi connectivity index (χ2v) is 4.52. The minimum atomic E-state index is -1.37. The van der Waals surface area contributed by atoms with Crippen LogP contribution in [0.25, 0.3) is 0 Å². The molecule has 1 aromatic carbocycles. The van der Waals surface area contributed by atoms with Gasteiger partial charge in [-0.3, -0.25) is 4.79 Å². The molecule has 0 aliphatic rings. The Morgan fingerprint density at radius 3 is 2.56 bits per heavy atom. The molecule has 1 atom stereocenters. The highest BCUT2D eigenvalue weighted by atomic mass is 35.5. The third kappa shape index (κ3) is 2.92. The van der Waals surface area contributed by atoms with Gasteiger partial charge in [0.1, 0.15) is 11.3 Å². The molecule has 1 amide bonds. The molecule has 0 aromatic heterocycles. The van der Waals surface area contributed by atoms with Crippen LogP contribution in [0.2, 0.25) is 5.02 Å². The van der Waals surface area contributed by atoms with Crippen molar-refractivity contribution in [1.82, 2.24) is 5.32 Å². The summed E-state index contributed by atoms with van der Waals surface area (Å²) in [5.41, 5.74) is -1.33. The molecule has 18 heavy (non-hydrogen) atoms. The number of phenols is 1. The number of hydrogen-bond acceptors (Lipinski definition) is 3. The molecule has 0 fully saturated rings. The molecule has 3 N–H and O–H groups in total. The highest BCUT2D eigenvalue weighted by Crippen LogP contribution is 2.22. The Morgan fingerprint density at radius 2 is 2.06 bits per heavy atom. The van der Waals surface area contributed by atoms with E-state index >= 15 is 0 Å². The molecule has 1 unspecified atom stereocenters. The number of amides is 1. The van der Waals surface area contributed by atoms with Gasteiger partial charge in [0, 0.05) is 0 Å². The molecule has 6 heteroatoms. The quantitative estimate of drug-likeness (QED) is 0.782. The molecule has 0 aliphatic heterocycles. The van der Waals surface area contributed by atoms with E-state index in [0.717, 1.165) is 0 Å². The standard InChI is InChI=1S/C12H14ClNO4/c1-3-12(2,11(17)18)14-10(16)8-6-7(15)4-5-9(8)13/h4-6,15H,3H2,1-2H3,(H,14,16)(H,17,18). The number of phenolic OH excluding ortho intramolecular Hbond substituents is 1. The number of carbonyl (C=O) groups excluding carboxylic acids is 1. The zero-order valence-corrected chi connectivity index (χ0v) is 10.8. The lowest BCUT2D eigenvalue weighted by atomic mass is 9.98. The van der Waals surface area contributed by atoms with Crippen LogP contribution in [0, 0.1) is 0 Å². The molecule has 0 aliphatic carbocycles. The van der Waals surface area contributed by atoms with Gasteiger partial charge in [-0.25, -0.2) is 4.79 Å². The van der Waals surface area contributed by atoms with Crippen LogP contribution >= 0.6 is 11.6 Å². The Hall–Kier alpha value is -1.75. The lowest BCUT2D eigenvalue weighted by Gasteiger charge is -2.24. The van der Waals surface area contributed by atoms with Gasteiger partial charge in [-0.1, -0.05) is 18.5 Å². The number of halogens is 1. The average molecular weight is 272 g/mol. The fourth-order valence-electron chi connectivity index (χ4n) is 1.30. The van der Waals surface area contributed by atoms with Gasteiger partial charge in [-0.05, 0) is 31.5 Å². The van der Waals surface area contributed by atoms with Gasteiger partial charge in [0.15, 0.2) is 0 Å². The molecular formula is C12H14ClNO4. The lowest BCUT2D eigenvalue weighted by molar-refractivity contribution is -0.143. The predicted octanol–water partition coefficient (Wildman–Crippen LogP) is 2.03. The van der Waals surface area contributed by atoms with Crippen molar-refractivity contribution >= 4 is 23.5 Å². The largest absolute Gasteiger partial charge is 0.508 e. The van der Waals surface area contributed by atoms with Crippen molar-refractivity contribution in [2.24, 2.45) is 0 Å². The zero-order valence-electron chi connectivity index (χ0n) is 10.0. The average Bonchev–Trinajstić information content (AvgIpc) is 2.31. The summed E-state index contributed by atoms with van der Waals surface area (Å²) in [6.45, 7) is 3.06. The number of rotatable bonds is 4. The Bertz CT molecular complexity index is 489. The summed E-state index contributed by atoms with van der Waals surface area (Å²) in [4.78, 5) is 23.0. The highest BCUT2D eigenvalue weighted by molar-refractivity contribution is 6.34. The summed E-state index contributed by atoms with van der Waals surface area (Å²) >= 11 is 5.82. The molecule has 0 heterocycles. The number of aromatic hydroxyl groups is 1. The first-order valence-corrected chi connectivity index (χ1v) is 5.72. The monoisotopic (exact) mass is 271 g/mol. The number of carbonyl (C=O) groups is 2. The van der Waals surface area contributed by atoms with E-state index in [2.05, 4.69) is 5.32 Å². The van der Waals surface area contributed by atoms with Gasteiger partial charge in [0.05, 0.1) is 10.6 Å². The fraction of sp³-hybridized carbons (Fsp3) is 0.333. The van der Waals surface area contributed by atoms with Crippen LogP contribution in [0.1, 0.15) is 30.6 Å².